The number of urea groups is 1. The van der Waals surface area contributed by atoms with Gasteiger partial charge in [0.1, 0.15) is 6.04 Å². The van der Waals surface area contributed by atoms with E-state index in [0.29, 0.717) is 17.3 Å². The topological polar surface area (TPSA) is 68.8 Å². The number of anilines is 2. The van der Waals surface area contributed by atoms with E-state index in [9.17, 15) is 9.59 Å². The summed E-state index contributed by atoms with van der Waals surface area (Å²) >= 11 is 5.63. The molecule has 154 valence electrons. The molecule has 3 atom stereocenters. The Labute approximate surface area is 184 Å². The van der Waals surface area contributed by atoms with E-state index in [1.54, 1.807) is 17.3 Å². The monoisotopic (exact) mass is 429 g/mol. The van der Waals surface area contributed by atoms with Gasteiger partial charge in [-0.3, -0.25) is 9.78 Å². The minimum Gasteiger partial charge on any atom is -0.341 e. The third kappa shape index (κ3) is 2.64. The van der Waals surface area contributed by atoms with E-state index < -0.39 is 6.04 Å². The summed E-state index contributed by atoms with van der Waals surface area (Å²) in [4.78, 5) is 36.1. The number of piperazine rings is 1. The van der Waals surface area contributed by atoms with Gasteiger partial charge in [0, 0.05) is 18.1 Å². The molecule has 31 heavy (non-hydrogen) atoms. The van der Waals surface area contributed by atoms with E-state index in [0.717, 1.165) is 22.9 Å². The lowest BCUT2D eigenvalue weighted by atomic mass is 10.1. The number of carbonyl (C=O) groups is 2. The quantitative estimate of drug-likeness (QED) is 0.498. The Morgan fingerprint density at radius 2 is 1.90 bits per heavy atom. The molecule has 6 rings (SSSR count). The highest BCUT2D eigenvalue weighted by Gasteiger charge is 2.62. The molecule has 3 amide bonds. The van der Waals surface area contributed by atoms with Crippen molar-refractivity contribution in [2.75, 3.05) is 16.8 Å². The predicted molar refractivity (Wildman–Crippen MR) is 122 cm³/mol. The summed E-state index contributed by atoms with van der Waals surface area (Å²) in [5.74, 6) is -0.178. The zero-order chi connectivity index (χ0) is 21.1. The molecule has 3 fully saturated rings. The summed E-state index contributed by atoms with van der Waals surface area (Å²) in [5, 5.41) is 5.66. The summed E-state index contributed by atoms with van der Waals surface area (Å²) in [6.07, 6.45) is 4.16. The molecular formula is C23H19N5O2S. The first kappa shape index (κ1) is 18.3. The van der Waals surface area contributed by atoms with Crippen LogP contribution in [0.1, 0.15) is 6.42 Å². The summed E-state index contributed by atoms with van der Waals surface area (Å²) in [6, 6.07) is 16.3. The largest absolute Gasteiger partial charge is 0.341 e. The zero-order valence-electron chi connectivity index (χ0n) is 16.5. The molecule has 3 aliphatic heterocycles. The van der Waals surface area contributed by atoms with E-state index >= 15 is 0 Å². The number of nitrogens with one attached hydrogen (secondary N) is 1. The number of aromatic nitrogens is 1. The van der Waals surface area contributed by atoms with Crippen molar-refractivity contribution in [2.24, 2.45) is 0 Å². The van der Waals surface area contributed by atoms with Gasteiger partial charge in [-0.05, 0) is 42.2 Å². The highest BCUT2D eigenvalue weighted by atomic mass is 32.1. The van der Waals surface area contributed by atoms with Crippen molar-refractivity contribution in [2.45, 2.75) is 24.5 Å². The lowest BCUT2D eigenvalue weighted by molar-refractivity contribution is -0.120. The van der Waals surface area contributed by atoms with Gasteiger partial charge in [-0.2, -0.15) is 0 Å². The second-order valence-corrected chi connectivity index (χ2v) is 8.47. The number of pyridine rings is 1. The highest BCUT2D eigenvalue weighted by Crippen LogP contribution is 2.43. The fraction of sp³-hybridized carbons (Fsp3) is 0.217. The van der Waals surface area contributed by atoms with Crippen LogP contribution in [-0.4, -0.2) is 56.5 Å². The van der Waals surface area contributed by atoms with Gasteiger partial charge < -0.3 is 15.1 Å². The van der Waals surface area contributed by atoms with Crippen LogP contribution in [0.4, 0.5) is 16.2 Å². The Bertz CT molecular complexity index is 1230. The zero-order valence-corrected chi connectivity index (χ0v) is 17.3. The van der Waals surface area contributed by atoms with Crippen LogP contribution in [0.3, 0.4) is 0 Å². The van der Waals surface area contributed by atoms with Crippen LogP contribution in [-0.2, 0) is 4.79 Å². The number of thiocarbonyl (C=S) groups is 1. The highest BCUT2D eigenvalue weighted by molar-refractivity contribution is 7.80. The average Bonchev–Trinajstić information content (AvgIpc) is 3.46. The molecule has 7 nitrogen and oxygen atoms in total. The molecule has 4 heterocycles. The Morgan fingerprint density at radius 1 is 1.06 bits per heavy atom. The van der Waals surface area contributed by atoms with Crippen LogP contribution in [0.25, 0.3) is 10.8 Å². The van der Waals surface area contributed by atoms with E-state index in [2.05, 4.69) is 10.3 Å². The molecule has 2 bridgehead atoms. The van der Waals surface area contributed by atoms with Gasteiger partial charge in [-0.25, -0.2) is 9.69 Å². The number of hydrogen-bond acceptors (Lipinski definition) is 4. The molecule has 3 aromatic rings. The van der Waals surface area contributed by atoms with Gasteiger partial charge in [-0.1, -0.05) is 36.4 Å². The molecule has 0 spiro atoms. The Balaban J connectivity index is 1.31. The first-order valence-corrected chi connectivity index (χ1v) is 10.7. The second-order valence-electron chi connectivity index (χ2n) is 8.09. The number of likely N-dealkylation sites (tertiary alicyclic amines) is 1. The third-order valence-electron chi connectivity index (χ3n) is 6.45. The number of carbonyl (C=O) groups excluding carboxylic acids is 2. The van der Waals surface area contributed by atoms with Crippen LogP contribution in [0.5, 0.6) is 0 Å². The van der Waals surface area contributed by atoms with Crippen molar-refractivity contribution in [3.8, 4) is 0 Å². The van der Waals surface area contributed by atoms with Crippen LogP contribution in [0.2, 0.25) is 0 Å². The van der Waals surface area contributed by atoms with E-state index in [1.807, 2.05) is 59.5 Å². The Kier molecular flexibility index (Phi) is 3.97. The first-order valence-electron chi connectivity index (χ1n) is 10.2. The number of benzene rings is 2. The summed E-state index contributed by atoms with van der Waals surface area (Å²) in [7, 11) is 0. The number of fused-ring (bicyclic) bond motifs is 6. The van der Waals surface area contributed by atoms with Crippen molar-refractivity contribution >= 4 is 51.4 Å². The van der Waals surface area contributed by atoms with Gasteiger partial charge >= 0.3 is 6.03 Å². The summed E-state index contributed by atoms with van der Waals surface area (Å²) in [6.45, 7) is 0.621. The van der Waals surface area contributed by atoms with Gasteiger partial charge in [0.05, 0.1) is 29.7 Å². The normalized spacial score (nSPS) is 24.3. The molecule has 3 saturated heterocycles. The minimum atomic E-state index is -0.515. The van der Waals surface area contributed by atoms with Crippen LogP contribution >= 0.6 is 12.2 Å². The molecule has 3 unspecified atom stereocenters. The minimum absolute atomic E-state index is 0.0277. The Morgan fingerprint density at radius 3 is 2.74 bits per heavy atom. The lowest BCUT2D eigenvalue weighted by Crippen LogP contribution is -2.55. The summed E-state index contributed by atoms with van der Waals surface area (Å²) < 4.78 is 0. The van der Waals surface area contributed by atoms with Crippen molar-refractivity contribution < 1.29 is 9.59 Å². The van der Waals surface area contributed by atoms with Crippen LogP contribution in [0, 0.1) is 0 Å². The number of imide groups is 1. The molecule has 1 aromatic heterocycles. The second kappa shape index (κ2) is 6.75. The molecule has 0 aliphatic carbocycles. The number of nitrogens with zero attached hydrogens (tertiary/aromatic N) is 4. The van der Waals surface area contributed by atoms with E-state index in [1.165, 1.54) is 4.90 Å². The standard InChI is InChI=1S/C23H19N5O2S/c29-21-20-19-11-16(13-26(19)22(31)25-15-7-4-10-24-12-15)27(20)23(30)28(21)18-9-3-6-14-5-1-2-8-17(14)18/h1-10,12,16,19-20H,11,13H2,(H,25,31). The van der Waals surface area contributed by atoms with Gasteiger partial charge in [0.2, 0.25) is 0 Å². The maximum atomic E-state index is 13.5. The van der Waals surface area contributed by atoms with Crippen molar-refractivity contribution in [1.82, 2.24) is 14.8 Å². The molecule has 0 radical (unpaired) electrons. The molecule has 0 saturated carbocycles. The molecule has 2 aromatic carbocycles. The molecular weight excluding hydrogens is 410 g/mol. The van der Waals surface area contributed by atoms with Crippen LogP contribution < -0.4 is 10.2 Å². The maximum absolute atomic E-state index is 13.5. The SMILES string of the molecule is O=C1C2C3CC(CN3C(=S)Nc3cccnc3)N2C(=O)N1c1cccc2ccccc12. The first-order chi connectivity index (χ1) is 15.1. The fourth-order valence-corrected chi connectivity index (χ4v) is 5.48. The maximum Gasteiger partial charge on any atom is 0.332 e. The fourth-order valence-electron chi connectivity index (χ4n) is 5.15. The van der Waals surface area contributed by atoms with Crippen molar-refractivity contribution in [3.63, 3.8) is 0 Å². The lowest BCUT2D eigenvalue weighted by Gasteiger charge is -2.36. The molecule has 1 N–H and O–H groups in total. The van der Waals surface area contributed by atoms with Crippen molar-refractivity contribution in [1.29, 1.82) is 0 Å². The third-order valence-corrected chi connectivity index (χ3v) is 6.78. The number of amides is 3. The number of hydrogen-bond donors (Lipinski definition) is 1. The van der Waals surface area contributed by atoms with E-state index in [4.69, 9.17) is 12.2 Å². The summed E-state index contributed by atoms with van der Waals surface area (Å²) in [5.41, 5.74) is 1.45. The van der Waals surface area contributed by atoms with Gasteiger partial charge in [0.15, 0.2) is 5.11 Å². The van der Waals surface area contributed by atoms with Gasteiger partial charge in [0.25, 0.3) is 5.91 Å². The number of rotatable bonds is 2. The smallest absolute Gasteiger partial charge is 0.332 e. The predicted octanol–water partition coefficient (Wildman–Crippen LogP) is 3.23. The average molecular weight is 430 g/mol. The van der Waals surface area contributed by atoms with Crippen LogP contribution in [0.15, 0.2) is 67.0 Å². The van der Waals surface area contributed by atoms with Crippen molar-refractivity contribution in [3.05, 3.63) is 67.0 Å². The molecule has 8 heteroatoms. The van der Waals surface area contributed by atoms with E-state index in [-0.39, 0.29) is 24.0 Å². The Hall–Kier alpha value is -3.52. The van der Waals surface area contributed by atoms with Gasteiger partial charge in [-0.15, -0.1) is 0 Å². The molecule has 3 aliphatic rings.